The highest BCUT2D eigenvalue weighted by molar-refractivity contribution is 14.1. The molecule has 2 saturated carbocycles. The van der Waals surface area contributed by atoms with Crippen LogP contribution < -0.4 is 4.74 Å². The molecule has 1 aromatic carbocycles. The van der Waals surface area contributed by atoms with E-state index in [0.717, 1.165) is 7.14 Å². The molecule has 1 heterocycles. The summed E-state index contributed by atoms with van der Waals surface area (Å²) in [5.41, 5.74) is 0.291. The number of rotatable bonds is 3. The van der Waals surface area contributed by atoms with E-state index in [9.17, 15) is 26.8 Å². The lowest BCUT2D eigenvalue weighted by Gasteiger charge is -2.41. The number of carbonyl (C=O) groups excluding carboxylic acids is 2. The van der Waals surface area contributed by atoms with Crippen molar-refractivity contribution >= 4 is 67.2 Å². The van der Waals surface area contributed by atoms with Crippen molar-refractivity contribution < 1.29 is 45.6 Å². The van der Waals surface area contributed by atoms with Crippen molar-refractivity contribution in [1.82, 2.24) is 0 Å². The summed E-state index contributed by atoms with van der Waals surface area (Å²) in [6.07, 6.45) is -0.436. The van der Waals surface area contributed by atoms with Crippen LogP contribution in [0.4, 0.5) is 8.78 Å². The Labute approximate surface area is 190 Å². The Morgan fingerprint density at radius 2 is 1.90 bits per heavy atom. The first-order valence-corrected chi connectivity index (χ1v) is 11.9. The molecule has 1 spiro atoms. The molecule has 0 amide bonds. The average molecular weight is 656 g/mol. The minimum Gasteiger partial charge on any atom is -0.457 e. The number of hydrogen-bond acceptors (Lipinski definition) is 7. The summed E-state index contributed by atoms with van der Waals surface area (Å²) in [7, 11) is -5.93. The van der Waals surface area contributed by atoms with E-state index in [4.69, 9.17) is 14.0 Å². The molecule has 0 aromatic heterocycles. The third-order valence-corrected chi connectivity index (χ3v) is 9.04. The normalized spacial score (nSPS) is 30.7. The lowest BCUT2D eigenvalue weighted by molar-refractivity contribution is -0.202. The molecule has 4 unspecified atom stereocenters. The quantitative estimate of drug-likeness (QED) is 0.300. The van der Waals surface area contributed by atoms with Gasteiger partial charge in [-0.1, -0.05) is 0 Å². The first-order chi connectivity index (χ1) is 13.3. The van der Waals surface area contributed by atoms with Crippen LogP contribution in [0, 0.1) is 19.0 Å². The first-order valence-electron chi connectivity index (χ1n) is 8.31. The Bertz CT molecular complexity index is 1030. The number of alkyl halides is 2. The topological polar surface area (TPSA) is 116 Å². The predicted octanol–water partition coefficient (Wildman–Crippen LogP) is 2.96. The van der Waals surface area contributed by atoms with Crippen molar-refractivity contribution in [1.29, 1.82) is 0 Å². The van der Waals surface area contributed by atoms with Crippen LogP contribution in [-0.4, -0.2) is 42.1 Å². The molecular formula is C16H12F2I2O8S. The van der Waals surface area contributed by atoms with Gasteiger partial charge in [-0.25, -0.2) is 9.59 Å². The number of hydrogen-bond donors (Lipinski definition) is 1. The van der Waals surface area contributed by atoms with Gasteiger partial charge in [0.2, 0.25) is 0 Å². The van der Waals surface area contributed by atoms with Gasteiger partial charge in [-0.2, -0.15) is 17.2 Å². The maximum absolute atomic E-state index is 13.4. The lowest BCUT2D eigenvalue weighted by atomic mass is 9.90. The fourth-order valence-corrected chi connectivity index (χ4v) is 5.25. The maximum atomic E-state index is 13.4. The number of halogens is 4. The van der Waals surface area contributed by atoms with Crippen LogP contribution in [-0.2, 0) is 24.4 Å². The zero-order valence-corrected chi connectivity index (χ0v) is 19.4. The highest BCUT2D eigenvalue weighted by atomic mass is 127. The molecule has 4 atom stereocenters. The van der Waals surface area contributed by atoms with Gasteiger partial charge in [-0.15, -0.1) is 0 Å². The van der Waals surface area contributed by atoms with Gasteiger partial charge in [0, 0.05) is 25.4 Å². The molecule has 29 heavy (non-hydrogen) atoms. The van der Waals surface area contributed by atoms with Crippen LogP contribution in [0.25, 0.3) is 0 Å². The summed E-state index contributed by atoms with van der Waals surface area (Å²) >= 11 is 4.19. The summed E-state index contributed by atoms with van der Waals surface area (Å²) in [5, 5.41) is -5.05. The van der Waals surface area contributed by atoms with E-state index in [2.05, 4.69) is 49.9 Å². The van der Waals surface area contributed by atoms with Crippen molar-refractivity contribution in [2.75, 3.05) is 0 Å². The van der Waals surface area contributed by atoms with Crippen LogP contribution in [0.15, 0.2) is 12.1 Å². The lowest BCUT2D eigenvalue weighted by Crippen LogP contribution is -2.51. The van der Waals surface area contributed by atoms with Crippen LogP contribution in [0.1, 0.15) is 29.6 Å². The molecule has 2 fully saturated rings. The van der Waals surface area contributed by atoms with Crippen LogP contribution in [0.3, 0.4) is 0 Å². The highest BCUT2D eigenvalue weighted by Gasteiger charge is 2.64. The summed E-state index contributed by atoms with van der Waals surface area (Å²) < 4.78 is 74.8. The molecule has 1 aliphatic heterocycles. The fraction of sp³-hybridized carbons (Fsp3) is 0.500. The molecule has 13 heteroatoms. The molecule has 0 radical (unpaired) electrons. The SMILES string of the molecule is O=C1OC2(CC3CC2CC3OC(=O)C(F)(F)S(=O)(=O)O)Oc2cc(I)c(I)cc21. The van der Waals surface area contributed by atoms with Gasteiger partial charge >= 0.3 is 27.3 Å². The minimum atomic E-state index is -5.93. The van der Waals surface area contributed by atoms with Gasteiger partial charge in [-0.05, 0) is 70.2 Å². The summed E-state index contributed by atoms with van der Waals surface area (Å²) in [5.74, 6) is -4.68. The Hall–Kier alpha value is -0.810. The highest BCUT2D eigenvalue weighted by Crippen LogP contribution is 2.56. The van der Waals surface area contributed by atoms with Crippen molar-refractivity contribution in [3.8, 4) is 5.75 Å². The summed E-state index contributed by atoms with van der Waals surface area (Å²) in [4.78, 5) is 24.1. The van der Waals surface area contributed by atoms with Gasteiger partial charge in [0.05, 0.1) is 0 Å². The van der Waals surface area contributed by atoms with Gasteiger partial charge < -0.3 is 14.2 Å². The van der Waals surface area contributed by atoms with Crippen LogP contribution >= 0.6 is 45.2 Å². The van der Waals surface area contributed by atoms with E-state index in [1.165, 1.54) is 0 Å². The fourth-order valence-electron chi connectivity index (χ4n) is 4.09. The Kier molecular flexibility index (Phi) is 5.06. The number of ether oxygens (including phenoxy) is 3. The van der Waals surface area contributed by atoms with Crippen molar-refractivity contribution in [2.24, 2.45) is 11.8 Å². The molecule has 3 aliphatic rings. The van der Waals surface area contributed by atoms with E-state index in [1.807, 2.05) is 0 Å². The Balaban J connectivity index is 1.52. The van der Waals surface area contributed by atoms with Crippen LogP contribution in [0.2, 0.25) is 0 Å². The molecule has 1 N–H and O–H groups in total. The van der Waals surface area contributed by atoms with E-state index >= 15 is 0 Å². The van der Waals surface area contributed by atoms with Crippen molar-refractivity contribution in [2.45, 2.75) is 36.4 Å². The van der Waals surface area contributed by atoms with Gasteiger partial charge in [0.25, 0.3) is 5.79 Å². The standard InChI is InChI=1S/C16H12F2I2O8S/c17-16(18,29(23,24)25)14(22)26-11-2-7-1-6(11)5-15(7)27-12-4-10(20)9(19)3-8(12)13(21)28-15/h3-4,6-7,11H,1-2,5H2,(H,23,24,25). The molecule has 4 rings (SSSR count). The molecule has 158 valence electrons. The number of benzene rings is 1. The van der Waals surface area contributed by atoms with Gasteiger partial charge in [-0.3, -0.25) is 4.55 Å². The number of fused-ring (bicyclic) bond motifs is 4. The monoisotopic (exact) mass is 656 g/mol. The molecule has 8 nitrogen and oxygen atoms in total. The third kappa shape index (κ3) is 3.40. The predicted molar refractivity (Wildman–Crippen MR) is 108 cm³/mol. The summed E-state index contributed by atoms with van der Waals surface area (Å²) in [6.45, 7) is 0. The van der Waals surface area contributed by atoms with Crippen molar-refractivity contribution in [3.63, 3.8) is 0 Å². The Morgan fingerprint density at radius 1 is 1.24 bits per heavy atom. The molecular weight excluding hydrogens is 644 g/mol. The van der Waals surface area contributed by atoms with E-state index in [-0.39, 0.29) is 12.8 Å². The van der Waals surface area contributed by atoms with Gasteiger partial charge in [0.1, 0.15) is 17.4 Å². The Morgan fingerprint density at radius 3 is 2.48 bits per heavy atom. The summed E-state index contributed by atoms with van der Waals surface area (Å²) in [6, 6.07) is 3.37. The number of carbonyl (C=O) groups is 2. The minimum absolute atomic E-state index is 0.0576. The van der Waals surface area contributed by atoms with E-state index < -0.39 is 51.0 Å². The smallest absolute Gasteiger partial charge is 0.457 e. The zero-order valence-electron chi connectivity index (χ0n) is 14.2. The molecule has 0 saturated heterocycles. The maximum Gasteiger partial charge on any atom is 0.465 e. The zero-order chi connectivity index (χ0) is 21.4. The van der Waals surface area contributed by atoms with E-state index in [1.54, 1.807) is 12.1 Å². The molecule has 2 bridgehead atoms. The van der Waals surface area contributed by atoms with E-state index in [0.29, 0.717) is 17.7 Å². The van der Waals surface area contributed by atoms with Crippen molar-refractivity contribution in [3.05, 3.63) is 24.8 Å². The number of esters is 2. The first kappa shape index (κ1) is 21.4. The van der Waals surface area contributed by atoms with Crippen LogP contribution in [0.5, 0.6) is 5.75 Å². The second-order valence-corrected chi connectivity index (χ2v) is 10.9. The van der Waals surface area contributed by atoms with Gasteiger partial charge in [0.15, 0.2) is 0 Å². The largest absolute Gasteiger partial charge is 0.465 e. The second kappa shape index (κ2) is 6.85. The molecule has 2 aliphatic carbocycles. The average Bonchev–Trinajstić information content (AvgIpc) is 3.13. The third-order valence-electron chi connectivity index (χ3n) is 5.41. The second-order valence-electron chi connectivity index (χ2n) is 7.13. The molecule has 1 aromatic rings.